The number of anilines is 1. The molecule has 272 valence electrons. The third-order valence-corrected chi connectivity index (χ3v) is 11.8. The molecule has 0 atom stereocenters. The maximum Gasteiger partial charge on any atom is 0.264 e. The molecular weight excluding hydrogens is 681 g/mol. The Morgan fingerprint density at radius 3 is 2.02 bits per heavy atom. The molecule has 3 aromatic carbocycles. The molecule has 8 nitrogen and oxygen atoms in total. The number of aryl methyl sites for hydroxylation is 1. The van der Waals surface area contributed by atoms with Gasteiger partial charge >= 0.3 is 0 Å². The molecule has 2 heterocycles. The lowest BCUT2D eigenvalue weighted by atomic mass is 9.81. The molecule has 0 saturated heterocycles. The summed E-state index contributed by atoms with van der Waals surface area (Å²) in [7, 11) is -8.04. The van der Waals surface area contributed by atoms with Crippen molar-refractivity contribution in [1.82, 2.24) is 0 Å². The Kier molecular flexibility index (Phi) is 11.6. The van der Waals surface area contributed by atoms with Gasteiger partial charge in [-0.05, 0) is 80.0 Å². The van der Waals surface area contributed by atoms with Crippen molar-refractivity contribution < 1.29 is 30.5 Å². The molecule has 0 saturated carbocycles. The molecule has 2 N–H and O–H groups in total. The van der Waals surface area contributed by atoms with Gasteiger partial charge in [0.05, 0.1) is 16.9 Å². The summed E-state index contributed by atoms with van der Waals surface area (Å²) in [6.07, 6.45) is 11.6. The van der Waals surface area contributed by atoms with Gasteiger partial charge in [-0.2, -0.15) is 21.4 Å². The molecule has 0 aromatic heterocycles. The highest BCUT2D eigenvalue weighted by Gasteiger charge is 2.44. The van der Waals surface area contributed by atoms with Crippen molar-refractivity contribution in [2.24, 2.45) is 0 Å². The van der Waals surface area contributed by atoms with E-state index in [1.807, 2.05) is 24.3 Å². The molecule has 3 aromatic rings. The van der Waals surface area contributed by atoms with E-state index in [-0.39, 0.29) is 22.3 Å². The van der Waals surface area contributed by atoms with Crippen LogP contribution in [0.3, 0.4) is 0 Å². The highest BCUT2D eigenvalue weighted by Crippen LogP contribution is 2.48. The van der Waals surface area contributed by atoms with Crippen LogP contribution in [0.1, 0.15) is 82.6 Å². The van der Waals surface area contributed by atoms with Gasteiger partial charge in [0.2, 0.25) is 5.69 Å². The van der Waals surface area contributed by atoms with Gasteiger partial charge in [-0.25, -0.2) is 0 Å². The summed E-state index contributed by atoms with van der Waals surface area (Å²) in [6, 6.07) is 25.3. The second-order valence-corrected chi connectivity index (χ2v) is 17.7. The van der Waals surface area contributed by atoms with E-state index in [9.17, 15) is 25.9 Å². The molecule has 0 unspecified atom stereocenters. The number of hydrogen-bond donors (Lipinski definition) is 2. The van der Waals surface area contributed by atoms with Crippen molar-refractivity contribution in [1.29, 1.82) is 0 Å². The molecule has 51 heavy (non-hydrogen) atoms. The number of benzene rings is 3. The molecule has 0 amide bonds. The van der Waals surface area contributed by atoms with Crippen LogP contribution >= 0.6 is 0 Å². The minimum Gasteiger partial charge on any atom is -0.344 e. The highest BCUT2D eigenvalue weighted by molar-refractivity contribution is 7.86. The fourth-order valence-corrected chi connectivity index (χ4v) is 8.53. The lowest BCUT2D eigenvalue weighted by molar-refractivity contribution is -0.438. The molecule has 5 rings (SSSR count). The number of rotatable bonds is 15. The number of fused-ring (bicyclic) bond motifs is 2. The zero-order valence-electron chi connectivity index (χ0n) is 30.3. The third kappa shape index (κ3) is 8.98. The van der Waals surface area contributed by atoms with Gasteiger partial charge in [0.25, 0.3) is 20.2 Å². The summed E-state index contributed by atoms with van der Waals surface area (Å²) in [5.74, 6) is -0.520. The van der Waals surface area contributed by atoms with E-state index in [2.05, 4.69) is 117 Å². The molecule has 0 aliphatic carbocycles. The van der Waals surface area contributed by atoms with E-state index in [1.165, 1.54) is 16.7 Å². The van der Waals surface area contributed by atoms with E-state index < -0.39 is 20.2 Å². The zero-order chi connectivity index (χ0) is 37.0. The zero-order valence-corrected chi connectivity index (χ0v) is 32.0. The van der Waals surface area contributed by atoms with E-state index in [0.29, 0.717) is 38.8 Å². The summed E-state index contributed by atoms with van der Waals surface area (Å²) < 4.78 is 66.5. The van der Waals surface area contributed by atoms with Crippen LogP contribution in [0.2, 0.25) is 0 Å². The van der Waals surface area contributed by atoms with Crippen molar-refractivity contribution in [2.45, 2.75) is 77.6 Å². The lowest BCUT2D eigenvalue weighted by Crippen LogP contribution is -2.28. The van der Waals surface area contributed by atoms with Gasteiger partial charge in [0, 0.05) is 47.5 Å². The average Bonchev–Trinajstić information content (AvgIpc) is 3.42. The maximum absolute atomic E-state index is 11.4. The minimum absolute atomic E-state index is 0.260. The second kappa shape index (κ2) is 15.4. The Hall–Kier alpha value is -3.83. The van der Waals surface area contributed by atoms with Crippen molar-refractivity contribution >= 4 is 42.9 Å². The van der Waals surface area contributed by atoms with E-state index in [4.69, 9.17) is 0 Å². The average molecular weight is 732 g/mol. The Labute approximate surface area is 304 Å². The molecule has 0 fully saturated rings. The quantitative estimate of drug-likeness (QED) is 0.0700. The SMILES string of the molecule is CCc1ccc(C(=C\C=C2\N(CCCCS(=O)(=O)O)c3ccccc3C2(C)C)/C=C/C2=[N+](CCCCS(=O)(=O)O)c3ccccc3C2(C)C)cc1. The molecular formula is C41H51N2O6S2+. The summed E-state index contributed by atoms with van der Waals surface area (Å²) in [4.78, 5) is 2.27. The lowest BCUT2D eigenvalue weighted by Gasteiger charge is -2.27. The minimum atomic E-state index is -4.02. The Bertz CT molecular complexity index is 2090. The largest absolute Gasteiger partial charge is 0.344 e. The Morgan fingerprint density at radius 2 is 1.37 bits per heavy atom. The summed E-state index contributed by atoms with van der Waals surface area (Å²) in [5, 5.41) is 0. The van der Waals surface area contributed by atoms with Gasteiger partial charge in [-0.15, -0.1) is 0 Å². The van der Waals surface area contributed by atoms with Gasteiger partial charge in [0.15, 0.2) is 5.71 Å². The van der Waals surface area contributed by atoms with E-state index in [1.54, 1.807) is 0 Å². The van der Waals surface area contributed by atoms with E-state index in [0.717, 1.165) is 40.3 Å². The predicted octanol–water partition coefficient (Wildman–Crippen LogP) is 8.28. The number of para-hydroxylation sites is 2. The van der Waals surface area contributed by atoms with Crippen LogP contribution in [-0.4, -0.2) is 60.8 Å². The van der Waals surface area contributed by atoms with Crippen molar-refractivity contribution in [3.63, 3.8) is 0 Å². The van der Waals surface area contributed by atoms with Crippen LogP contribution in [0.25, 0.3) is 5.57 Å². The molecule has 2 aliphatic heterocycles. The molecule has 0 spiro atoms. The second-order valence-electron chi connectivity index (χ2n) is 14.5. The highest BCUT2D eigenvalue weighted by atomic mass is 32.2. The fraction of sp³-hybridized carbons (Fsp3) is 0.390. The maximum atomic E-state index is 11.4. The monoisotopic (exact) mass is 731 g/mol. The number of allylic oxidation sites excluding steroid dienone is 6. The first-order chi connectivity index (χ1) is 24.0. The summed E-state index contributed by atoms with van der Waals surface area (Å²) >= 11 is 0. The van der Waals surface area contributed by atoms with Crippen LogP contribution in [0.4, 0.5) is 11.4 Å². The Morgan fingerprint density at radius 1 is 0.765 bits per heavy atom. The van der Waals surface area contributed by atoms with Gasteiger partial charge in [0.1, 0.15) is 6.54 Å². The van der Waals surface area contributed by atoms with Gasteiger partial charge in [-0.1, -0.05) is 87.5 Å². The fourth-order valence-electron chi connectivity index (χ4n) is 7.39. The standard InChI is InChI=1S/C41H50N2O6S2/c1-6-31-19-21-32(22-20-31)33(23-25-38-40(2,3)34-15-7-9-17-36(34)42(38)27-11-13-29-50(44,45)46)24-26-39-41(4,5)35-16-8-10-18-37(35)43(39)28-12-14-30-51(47,48)49/h7-10,15-26H,6,11-14,27-30H2,1-5H3,(H-,44,45,46,47,48,49)/p+1. The Balaban J connectivity index is 1.57. The van der Waals surface area contributed by atoms with Gasteiger partial charge < -0.3 is 4.90 Å². The first kappa shape index (κ1) is 38.4. The first-order valence-electron chi connectivity index (χ1n) is 17.7. The predicted molar refractivity (Wildman–Crippen MR) is 208 cm³/mol. The summed E-state index contributed by atoms with van der Waals surface area (Å²) in [6.45, 7) is 12.2. The first-order valence-corrected chi connectivity index (χ1v) is 21.0. The summed E-state index contributed by atoms with van der Waals surface area (Å²) in [5.41, 5.74) is 9.55. The normalized spacial score (nSPS) is 17.8. The molecule has 10 heteroatoms. The number of hydrogen-bond acceptors (Lipinski definition) is 5. The van der Waals surface area contributed by atoms with Crippen molar-refractivity contribution in [3.05, 3.63) is 125 Å². The van der Waals surface area contributed by atoms with Crippen molar-refractivity contribution in [2.75, 3.05) is 29.5 Å². The van der Waals surface area contributed by atoms with E-state index >= 15 is 0 Å². The van der Waals surface area contributed by atoms with Crippen LogP contribution in [-0.2, 0) is 37.5 Å². The van der Waals surface area contributed by atoms with Crippen LogP contribution in [0.15, 0.2) is 103 Å². The molecule has 2 aliphatic rings. The third-order valence-electron chi connectivity index (χ3n) is 10.2. The van der Waals surface area contributed by atoms with Crippen LogP contribution in [0, 0.1) is 0 Å². The van der Waals surface area contributed by atoms with Crippen LogP contribution < -0.4 is 4.90 Å². The molecule has 0 radical (unpaired) electrons. The van der Waals surface area contributed by atoms with Crippen LogP contribution in [0.5, 0.6) is 0 Å². The number of nitrogens with zero attached hydrogens (tertiary/aromatic N) is 2. The van der Waals surface area contributed by atoms with Crippen molar-refractivity contribution in [3.8, 4) is 0 Å². The number of unbranched alkanes of at least 4 members (excludes halogenated alkanes) is 2. The molecule has 0 bridgehead atoms. The topological polar surface area (TPSA) is 115 Å². The smallest absolute Gasteiger partial charge is 0.264 e. The van der Waals surface area contributed by atoms with Gasteiger partial charge in [-0.3, -0.25) is 9.11 Å².